The van der Waals surface area contributed by atoms with Gasteiger partial charge in [0.15, 0.2) is 0 Å². The van der Waals surface area contributed by atoms with Gasteiger partial charge in [-0.1, -0.05) is 19.1 Å². The van der Waals surface area contributed by atoms with Crippen LogP contribution < -0.4 is 10.6 Å². The van der Waals surface area contributed by atoms with E-state index < -0.39 is 6.04 Å². The van der Waals surface area contributed by atoms with E-state index in [4.69, 9.17) is 0 Å². The Morgan fingerprint density at radius 1 is 1.41 bits per heavy atom. The monoisotopic (exact) mass is 250 g/mol. The number of hydrogen-bond donors (Lipinski definition) is 2. The van der Waals surface area contributed by atoms with E-state index in [1.165, 1.54) is 0 Å². The molecule has 0 radical (unpaired) electrons. The molecule has 2 rings (SSSR count). The highest BCUT2D eigenvalue weighted by Crippen LogP contribution is 2.27. The van der Waals surface area contributed by atoms with Crippen molar-refractivity contribution in [3.05, 3.63) is 24.3 Å². The average molecular weight is 250 g/mol. The quantitative estimate of drug-likeness (QED) is 0.630. The minimum absolute atomic E-state index is 0.212. The molecule has 17 heavy (non-hydrogen) atoms. The van der Waals surface area contributed by atoms with Gasteiger partial charge in [0.2, 0.25) is 11.8 Å². The molecule has 5 heteroatoms. The molecule has 4 nitrogen and oxygen atoms in total. The number of hydrogen-bond acceptors (Lipinski definition) is 4. The van der Waals surface area contributed by atoms with Crippen molar-refractivity contribution in [3.8, 4) is 0 Å². The summed E-state index contributed by atoms with van der Waals surface area (Å²) in [6.07, 6.45) is 0.212. The van der Waals surface area contributed by atoms with Crippen LogP contribution >= 0.6 is 11.8 Å². The Labute approximate surface area is 104 Å². The van der Waals surface area contributed by atoms with Crippen molar-refractivity contribution in [2.24, 2.45) is 0 Å². The van der Waals surface area contributed by atoms with Crippen LogP contribution in [0.3, 0.4) is 0 Å². The Kier molecular flexibility index (Phi) is 3.68. The van der Waals surface area contributed by atoms with Gasteiger partial charge in [-0.25, -0.2) is 0 Å². The minimum atomic E-state index is -0.443. The topological polar surface area (TPSA) is 58.2 Å². The lowest BCUT2D eigenvalue weighted by Crippen LogP contribution is -2.30. The number of rotatable bonds is 4. The lowest BCUT2D eigenvalue weighted by atomic mass is 10.2. The summed E-state index contributed by atoms with van der Waals surface area (Å²) in [7, 11) is 0. The molecule has 1 unspecified atom stereocenters. The third-order valence-electron chi connectivity index (χ3n) is 2.49. The van der Waals surface area contributed by atoms with Crippen LogP contribution in [-0.4, -0.2) is 23.6 Å². The number of amides is 2. The SMILES string of the molecule is CCSc1ccccc1NC1CC(=O)NC1=O. The fourth-order valence-corrected chi connectivity index (χ4v) is 2.49. The molecule has 0 bridgehead atoms. The second-order valence-electron chi connectivity index (χ2n) is 3.74. The molecule has 1 fully saturated rings. The smallest absolute Gasteiger partial charge is 0.249 e. The van der Waals surface area contributed by atoms with Crippen LogP contribution in [-0.2, 0) is 9.59 Å². The lowest BCUT2D eigenvalue weighted by Gasteiger charge is -2.14. The van der Waals surface area contributed by atoms with Crippen molar-refractivity contribution >= 4 is 29.3 Å². The zero-order chi connectivity index (χ0) is 12.3. The molecule has 0 aromatic heterocycles. The van der Waals surface area contributed by atoms with Gasteiger partial charge < -0.3 is 5.32 Å². The highest BCUT2D eigenvalue weighted by molar-refractivity contribution is 7.99. The van der Waals surface area contributed by atoms with E-state index in [2.05, 4.69) is 17.6 Å². The fourth-order valence-electron chi connectivity index (χ4n) is 1.73. The van der Waals surface area contributed by atoms with E-state index >= 15 is 0 Å². The summed E-state index contributed by atoms with van der Waals surface area (Å²) in [4.78, 5) is 23.6. The van der Waals surface area contributed by atoms with Crippen LogP contribution in [0.2, 0.25) is 0 Å². The number of anilines is 1. The maximum atomic E-state index is 11.5. The standard InChI is InChI=1S/C12H14N2O2S/c1-2-17-10-6-4-3-5-8(10)13-9-7-11(15)14-12(9)16/h3-6,9,13H,2,7H2,1H3,(H,14,15,16). The Morgan fingerprint density at radius 3 is 2.82 bits per heavy atom. The molecule has 2 amide bonds. The normalized spacial score (nSPS) is 19.2. The molecule has 0 aliphatic carbocycles. The molecule has 1 aromatic rings. The average Bonchev–Trinajstić information content (AvgIpc) is 2.61. The van der Waals surface area contributed by atoms with Crippen LogP contribution in [0.5, 0.6) is 0 Å². The van der Waals surface area contributed by atoms with E-state index in [0.29, 0.717) is 0 Å². The van der Waals surface area contributed by atoms with Crippen LogP contribution in [0.4, 0.5) is 5.69 Å². The molecular formula is C12H14N2O2S. The van der Waals surface area contributed by atoms with E-state index in [-0.39, 0.29) is 18.2 Å². The fraction of sp³-hybridized carbons (Fsp3) is 0.333. The van der Waals surface area contributed by atoms with E-state index in [9.17, 15) is 9.59 Å². The predicted molar refractivity (Wildman–Crippen MR) is 68.0 cm³/mol. The van der Waals surface area contributed by atoms with E-state index in [1.807, 2.05) is 24.3 Å². The molecule has 1 aliphatic heterocycles. The molecule has 1 atom stereocenters. The maximum absolute atomic E-state index is 11.5. The largest absolute Gasteiger partial charge is 0.372 e. The molecule has 0 saturated carbocycles. The van der Waals surface area contributed by atoms with Gasteiger partial charge >= 0.3 is 0 Å². The first-order valence-electron chi connectivity index (χ1n) is 5.52. The number of imide groups is 1. The predicted octanol–water partition coefficient (Wildman–Crippen LogP) is 1.63. The molecule has 1 aromatic carbocycles. The minimum Gasteiger partial charge on any atom is -0.372 e. The van der Waals surface area contributed by atoms with Crippen molar-refractivity contribution in [2.45, 2.75) is 24.3 Å². The van der Waals surface area contributed by atoms with Gasteiger partial charge in [0.25, 0.3) is 0 Å². The Bertz CT molecular complexity index is 448. The van der Waals surface area contributed by atoms with Crippen molar-refractivity contribution in [3.63, 3.8) is 0 Å². The first-order valence-corrected chi connectivity index (χ1v) is 6.51. The summed E-state index contributed by atoms with van der Waals surface area (Å²) in [6, 6.07) is 7.36. The van der Waals surface area contributed by atoms with Gasteiger partial charge in [0.1, 0.15) is 6.04 Å². The summed E-state index contributed by atoms with van der Waals surface area (Å²) in [5.74, 6) is 0.508. The molecule has 1 saturated heterocycles. The van der Waals surface area contributed by atoms with Gasteiger partial charge in [-0.05, 0) is 17.9 Å². The Balaban J connectivity index is 2.13. The summed E-state index contributed by atoms with van der Waals surface area (Å²) in [5.41, 5.74) is 0.911. The van der Waals surface area contributed by atoms with E-state index in [0.717, 1.165) is 16.3 Å². The van der Waals surface area contributed by atoms with Crippen molar-refractivity contribution in [1.29, 1.82) is 0 Å². The second kappa shape index (κ2) is 5.23. The number of benzene rings is 1. The van der Waals surface area contributed by atoms with Crippen LogP contribution in [0.25, 0.3) is 0 Å². The highest BCUT2D eigenvalue weighted by Gasteiger charge is 2.30. The van der Waals surface area contributed by atoms with Gasteiger partial charge in [-0.15, -0.1) is 11.8 Å². The molecule has 1 aliphatic rings. The first kappa shape index (κ1) is 12.0. The number of carbonyl (C=O) groups excluding carboxylic acids is 2. The molecule has 90 valence electrons. The molecule has 2 N–H and O–H groups in total. The van der Waals surface area contributed by atoms with E-state index in [1.54, 1.807) is 11.8 Å². The Morgan fingerprint density at radius 2 is 2.18 bits per heavy atom. The van der Waals surface area contributed by atoms with Gasteiger partial charge in [0, 0.05) is 10.6 Å². The van der Waals surface area contributed by atoms with Crippen molar-refractivity contribution in [1.82, 2.24) is 5.32 Å². The molecule has 0 spiro atoms. The summed E-state index contributed by atoms with van der Waals surface area (Å²) < 4.78 is 0. The van der Waals surface area contributed by atoms with Gasteiger partial charge in [0.05, 0.1) is 6.42 Å². The summed E-state index contributed by atoms with van der Waals surface area (Å²) in [5, 5.41) is 5.41. The summed E-state index contributed by atoms with van der Waals surface area (Å²) >= 11 is 1.71. The lowest BCUT2D eigenvalue weighted by molar-refractivity contribution is -0.124. The second-order valence-corrected chi connectivity index (χ2v) is 5.05. The number of nitrogens with one attached hydrogen (secondary N) is 2. The molecule has 1 heterocycles. The number of thioether (sulfide) groups is 1. The third kappa shape index (κ3) is 2.79. The van der Waals surface area contributed by atoms with Crippen molar-refractivity contribution in [2.75, 3.05) is 11.1 Å². The summed E-state index contributed by atoms with van der Waals surface area (Å²) in [6.45, 7) is 2.08. The zero-order valence-corrected chi connectivity index (χ0v) is 10.3. The number of carbonyl (C=O) groups is 2. The Hall–Kier alpha value is -1.49. The van der Waals surface area contributed by atoms with Crippen LogP contribution in [0.1, 0.15) is 13.3 Å². The van der Waals surface area contributed by atoms with Gasteiger partial charge in [-0.3, -0.25) is 14.9 Å². The van der Waals surface area contributed by atoms with Gasteiger partial charge in [-0.2, -0.15) is 0 Å². The molecular weight excluding hydrogens is 236 g/mol. The van der Waals surface area contributed by atoms with Crippen LogP contribution in [0.15, 0.2) is 29.2 Å². The highest BCUT2D eigenvalue weighted by atomic mass is 32.2. The van der Waals surface area contributed by atoms with Crippen LogP contribution in [0, 0.1) is 0 Å². The van der Waals surface area contributed by atoms with Crippen molar-refractivity contribution < 1.29 is 9.59 Å². The number of para-hydroxylation sites is 1. The third-order valence-corrected chi connectivity index (χ3v) is 3.44. The first-order chi connectivity index (χ1) is 8.20. The maximum Gasteiger partial charge on any atom is 0.249 e. The zero-order valence-electron chi connectivity index (χ0n) is 9.53.